The lowest BCUT2D eigenvalue weighted by Gasteiger charge is -2.05. The van der Waals surface area contributed by atoms with Gasteiger partial charge in [0.05, 0.1) is 5.33 Å². The van der Waals surface area contributed by atoms with E-state index in [1.807, 2.05) is 30.3 Å². The molecule has 1 aromatic heterocycles. The van der Waals surface area contributed by atoms with Crippen LogP contribution in [0, 0.1) is 5.21 Å². The summed E-state index contributed by atoms with van der Waals surface area (Å²) in [5.41, 5.74) is 2.49. The highest BCUT2D eigenvalue weighted by molar-refractivity contribution is 9.08. The molecule has 4 heteroatoms. The highest BCUT2D eigenvalue weighted by atomic mass is 79.9. The summed E-state index contributed by atoms with van der Waals surface area (Å²) in [5.74, 6) is 0. The van der Waals surface area contributed by atoms with Crippen molar-refractivity contribution in [3.05, 3.63) is 53.6 Å². The molecule has 0 atom stereocenters. The Kier molecular flexibility index (Phi) is 2.97. The van der Waals surface area contributed by atoms with Crippen LogP contribution in [0.5, 0.6) is 0 Å². The van der Waals surface area contributed by atoms with Crippen molar-refractivity contribution in [2.45, 2.75) is 5.33 Å². The average Bonchev–Trinajstić information content (AvgIpc) is 2.31. The Hall–Kier alpha value is -1.42. The molecule has 0 N–H and O–H groups in total. The van der Waals surface area contributed by atoms with Gasteiger partial charge < -0.3 is 5.21 Å². The molecular weight excluding hydrogens is 256 g/mol. The van der Waals surface area contributed by atoms with E-state index in [0.717, 1.165) is 16.0 Å². The van der Waals surface area contributed by atoms with Crippen LogP contribution >= 0.6 is 15.9 Å². The van der Waals surface area contributed by atoms with Crippen molar-refractivity contribution in [1.82, 2.24) is 4.98 Å². The predicted molar refractivity (Wildman–Crippen MR) is 61.3 cm³/mol. The first-order chi connectivity index (χ1) is 7.31. The molecule has 0 aliphatic rings. The van der Waals surface area contributed by atoms with Crippen LogP contribution in [0.15, 0.2) is 42.7 Å². The Balaban J connectivity index is 2.46. The standard InChI is InChI=1S/C11H9BrN2O/c12-7-10-6-11(13-8-14(10)15)9-4-2-1-3-5-9/h1-6,8H,7H2. The van der Waals surface area contributed by atoms with Crippen LogP contribution in [0.1, 0.15) is 5.69 Å². The third-order valence-electron chi connectivity index (χ3n) is 2.09. The maximum atomic E-state index is 11.3. The van der Waals surface area contributed by atoms with Crippen LogP contribution in [0.25, 0.3) is 11.3 Å². The molecule has 0 amide bonds. The molecular formula is C11H9BrN2O. The van der Waals surface area contributed by atoms with Crippen molar-refractivity contribution < 1.29 is 4.73 Å². The maximum absolute atomic E-state index is 11.3. The summed E-state index contributed by atoms with van der Waals surface area (Å²) >= 11 is 3.27. The number of benzene rings is 1. The molecule has 15 heavy (non-hydrogen) atoms. The lowest BCUT2D eigenvalue weighted by molar-refractivity contribution is -0.615. The quantitative estimate of drug-likeness (QED) is 0.474. The molecule has 0 fully saturated rings. The van der Waals surface area contributed by atoms with Gasteiger partial charge in [-0.05, 0) is 4.98 Å². The summed E-state index contributed by atoms with van der Waals surface area (Å²) in [4.78, 5) is 4.09. The van der Waals surface area contributed by atoms with E-state index in [-0.39, 0.29) is 0 Å². The number of nitrogens with zero attached hydrogens (tertiary/aromatic N) is 2. The maximum Gasteiger partial charge on any atom is 0.290 e. The molecule has 0 saturated carbocycles. The molecule has 0 saturated heterocycles. The van der Waals surface area contributed by atoms with Gasteiger partial charge in [0.2, 0.25) is 0 Å². The van der Waals surface area contributed by atoms with Crippen LogP contribution in [-0.2, 0) is 5.33 Å². The van der Waals surface area contributed by atoms with Gasteiger partial charge >= 0.3 is 0 Å². The zero-order chi connectivity index (χ0) is 10.7. The van der Waals surface area contributed by atoms with Crippen molar-refractivity contribution in [2.75, 3.05) is 0 Å². The average molecular weight is 265 g/mol. The second kappa shape index (κ2) is 4.40. The molecule has 0 aliphatic heterocycles. The van der Waals surface area contributed by atoms with Crippen molar-refractivity contribution in [2.24, 2.45) is 0 Å². The number of halogens is 1. The zero-order valence-corrected chi connectivity index (χ0v) is 9.52. The van der Waals surface area contributed by atoms with Crippen molar-refractivity contribution in [1.29, 1.82) is 0 Å². The molecule has 1 heterocycles. The fourth-order valence-corrected chi connectivity index (χ4v) is 1.72. The van der Waals surface area contributed by atoms with Gasteiger partial charge in [0.25, 0.3) is 6.33 Å². The van der Waals surface area contributed by atoms with Gasteiger partial charge in [0, 0.05) is 11.6 Å². The Labute approximate surface area is 96.1 Å². The highest BCUT2D eigenvalue weighted by Gasteiger charge is 2.08. The smallest absolute Gasteiger partial charge is 0.290 e. The van der Waals surface area contributed by atoms with Crippen molar-refractivity contribution >= 4 is 15.9 Å². The number of hydrogen-bond donors (Lipinski definition) is 0. The van der Waals surface area contributed by atoms with Gasteiger partial charge in [-0.1, -0.05) is 46.3 Å². The summed E-state index contributed by atoms with van der Waals surface area (Å²) in [7, 11) is 0. The van der Waals surface area contributed by atoms with Crippen LogP contribution in [0.2, 0.25) is 0 Å². The first-order valence-electron chi connectivity index (χ1n) is 4.51. The van der Waals surface area contributed by atoms with Crippen LogP contribution in [0.4, 0.5) is 0 Å². The van der Waals surface area contributed by atoms with E-state index >= 15 is 0 Å². The van der Waals surface area contributed by atoms with Gasteiger partial charge in [0.15, 0.2) is 5.69 Å². The number of alkyl halides is 1. The molecule has 0 bridgehead atoms. The van der Waals surface area contributed by atoms with Gasteiger partial charge in [-0.3, -0.25) is 0 Å². The van der Waals surface area contributed by atoms with E-state index in [1.165, 1.54) is 6.33 Å². The SMILES string of the molecule is [O-][n+]1cnc(-c2ccccc2)cc1CBr. The molecule has 3 nitrogen and oxygen atoms in total. The topological polar surface area (TPSA) is 39.8 Å². The molecule has 1 aromatic carbocycles. The third kappa shape index (κ3) is 2.15. The van der Waals surface area contributed by atoms with Gasteiger partial charge in [-0.15, -0.1) is 0 Å². The minimum atomic E-state index is 0.527. The number of hydrogen-bond acceptors (Lipinski definition) is 2. The fraction of sp³-hybridized carbons (Fsp3) is 0.0909. The molecule has 76 valence electrons. The Morgan fingerprint density at radius 3 is 2.67 bits per heavy atom. The van der Waals surface area contributed by atoms with Gasteiger partial charge in [0.1, 0.15) is 5.69 Å². The minimum Gasteiger partial charge on any atom is -0.711 e. The lowest BCUT2D eigenvalue weighted by atomic mass is 10.1. The van der Waals surface area contributed by atoms with E-state index in [1.54, 1.807) is 6.07 Å². The lowest BCUT2D eigenvalue weighted by Crippen LogP contribution is -2.31. The Morgan fingerprint density at radius 2 is 2.00 bits per heavy atom. The van der Waals surface area contributed by atoms with E-state index in [0.29, 0.717) is 11.0 Å². The summed E-state index contributed by atoms with van der Waals surface area (Å²) in [5, 5.41) is 11.8. The minimum absolute atomic E-state index is 0.527. The van der Waals surface area contributed by atoms with E-state index in [4.69, 9.17) is 0 Å². The Bertz CT molecular complexity index is 459. The van der Waals surface area contributed by atoms with E-state index in [2.05, 4.69) is 20.9 Å². The zero-order valence-electron chi connectivity index (χ0n) is 7.93. The normalized spacial score (nSPS) is 10.2. The fourth-order valence-electron chi connectivity index (χ4n) is 1.31. The third-order valence-corrected chi connectivity index (χ3v) is 2.67. The summed E-state index contributed by atoms with van der Waals surface area (Å²) in [6.45, 7) is 0. The first kappa shape index (κ1) is 10.1. The summed E-state index contributed by atoms with van der Waals surface area (Å²) in [6.07, 6.45) is 1.29. The molecule has 2 aromatic rings. The monoisotopic (exact) mass is 264 g/mol. The van der Waals surface area contributed by atoms with Crippen LogP contribution in [0.3, 0.4) is 0 Å². The van der Waals surface area contributed by atoms with Crippen molar-refractivity contribution in [3.63, 3.8) is 0 Å². The largest absolute Gasteiger partial charge is 0.711 e. The van der Waals surface area contributed by atoms with Crippen LogP contribution < -0.4 is 4.73 Å². The molecule has 0 radical (unpaired) electrons. The highest BCUT2D eigenvalue weighted by Crippen LogP contribution is 2.16. The second-order valence-electron chi connectivity index (χ2n) is 3.09. The molecule has 0 unspecified atom stereocenters. The number of rotatable bonds is 2. The molecule has 2 rings (SSSR count). The van der Waals surface area contributed by atoms with Gasteiger partial charge in [-0.2, -0.15) is 0 Å². The molecule has 0 aliphatic carbocycles. The second-order valence-corrected chi connectivity index (χ2v) is 3.65. The number of aromatic nitrogens is 2. The van der Waals surface area contributed by atoms with E-state index in [9.17, 15) is 5.21 Å². The first-order valence-corrected chi connectivity index (χ1v) is 5.63. The molecule has 0 spiro atoms. The van der Waals surface area contributed by atoms with E-state index < -0.39 is 0 Å². The summed E-state index contributed by atoms with van der Waals surface area (Å²) < 4.78 is 0.765. The van der Waals surface area contributed by atoms with Crippen LogP contribution in [-0.4, -0.2) is 4.98 Å². The summed E-state index contributed by atoms with van der Waals surface area (Å²) in [6, 6.07) is 11.6. The predicted octanol–water partition coefficient (Wildman–Crippen LogP) is 2.28. The van der Waals surface area contributed by atoms with Gasteiger partial charge in [-0.25, -0.2) is 4.73 Å². The Morgan fingerprint density at radius 1 is 1.27 bits per heavy atom. The van der Waals surface area contributed by atoms with Crippen molar-refractivity contribution in [3.8, 4) is 11.3 Å².